The highest BCUT2D eigenvalue weighted by molar-refractivity contribution is 5.46. The Morgan fingerprint density at radius 2 is 1.82 bits per heavy atom. The average molecular weight is 388 g/mol. The molecule has 2 heterocycles. The summed E-state index contributed by atoms with van der Waals surface area (Å²) in [7, 11) is 1.61. The molecule has 152 valence electrons. The van der Waals surface area contributed by atoms with E-state index in [4.69, 9.17) is 15.2 Å². The van der Waals surface area contributed by atoms with Gasteiger partial charge in [0, 0.05) is 19.6 Å². The van der Waals surface area contributed by atoms with Crippen LogP contribution in [0.15, 0.2) is 33.9 Å². The SMILES string of the molecule is COc1ccc(C(c2c(N)n(CC(C)C)c(=O)[nH]c2=O)N2CCOCC2)cc1. The van der Waals surface area contributed by atoms with Gasteiger partial charge < -0.3 is 15.2 Å². The molecule has 1 aromatic carbocycles. The highest BCUT2D eigenvalue weighted by atomic mass is 16.5. The summed E-state index contributed by atoms with van der Waals surface area (Å²) in [5.74, 6) is 1.16. The van der Waals surface area contributed by atoms with E-state index in [1.54, 1.807) is 7.11 Å². The molecule has 28 heavy (non-hydrogen) atoms. The Labute approximate surface area is 163 Å². The van der Waals surface area contributed by atoms with Crippen molar-refractivity contribution in [1.82, 2.24) is 14.5 Å². The zero-order valence-electron chi connectivity index (χ0n) is 16.6. The van der Waals surface area contributed by atoms with E-state index in [0.29, 0.717) is 38.4 Å². The lowest BCUT2D eigenvalue weighted by atomic mass is 9.97. The summed E-state index contributed by atoms with van der Waals surface area (Å²) in [5, 5.41) is 0. The van der Waals surface area contributed by atoms with Crippen LogP contribution in [0, 0.1) is 5.92 Å². The Morgan fingerprint density at radius 1 is 1.18 bits per heavy atom. The Balaban J connectivity index is 2.16. The molecule has 0 radical (unpaired) electrons. The number of nitrogens with zero attached hydrogens (tertiary/aromatic N) is 2. The van der Waals surface area contributed by atoms with Crippen LogP contribution < -0.4 is 21.7 Å². The number of nitrogens with two attached hydrogens (primary N) is 1. The third kappa shape index (κ3) is 4.13. The van der Waals surface area contributed by atoms with Crippen LogP contribution in [-0.2, 0) is 11.3 Å². The fourth-order valence-corrected chi connectivity index (χ4v) is 3.60. The molecule has 0 aliphatic carbocycles. The van der Waals surface area contributed by atoms with E-state index in [9.17, 15) is 9.59 Å². The number of ether oxygens (including phenoxy) is 2. The normalized spacial score (nSPS) is 16.3. The number of benzene rings is 1. The summed E-state index contributed by atoms with van der Waals surface area (Å²) in [5.41, 5.74) is 6.78. The number of H-pyrrole nitrogens is 1. The number of nitrogens with one attached hydrogen (secondary N) is 1. The van der Waals surface area contributed by atoms with Gasteiger partial charge in [-0.3, -0.25) is 19.2 Å². The highest BCUT2D eigenvalue weighted by Crippen LogP contribution is 2.31. The van der Waals surface area contributed by atoms with Crippen molar-refractivity contribution < 1.29 is 9.47 Å². The number of aromatic amines is 1. The largest absolute Gasteiger partial charge is 0.497 e. The molecule has 0 saturated carbocycles. The Morgan fingerprint density at radius 3 is 2.39 bits per heavy atom. The molecule has 8 nitrogen and oxygen atoms in total. The Hall–Kier alpha value is -2.58. The zero-order chi connectivity index (χ0) is 20.3. The quantitative estimate of drug-likeness (QED) is 0.771. The van der Waals surface area contributed by atoms with Gasteiger partial charge in [0.2, 0.25) is 0 Å². The number of aromatic nitrogens is 2. The van der Waals surface area contributed by atoms with Crippen LogP contribution in [0.1, 0.15) is 31.0 Å². The summed E-state index contributed by atoms with van der Waals surface area (Å²) >= 11 is 0. The number of hydrogen-bond acceptors (Lipinski definition) is 6. The molecule has 2 aromatic rings. The number of rotatable bonds is 6. The van der Waals surface area contributed by atoms with E-state index < -0.39 is 11.2 Å². The first-order chi connectivity index (χ1) is 13.4. The van der Waals surface area contributed by atoms with Gasteiger partial charge in [0.25, 0.3) is 5.56 Å². The van der Waals surface area contributed by atoms with Crippen LogP contribution >= 0.6 is 0 Å². The van der Waals surface area contributed by atoms with Crippen molar-refractivity contribution >= 4 is 5.82 Å². The fraction of sp³-hybridized carbons (Fsp3) is 0.500. The maximum atomic E-state index is 12.8. The van der Waals surface area contributed by atoms with Gasteiger partial charge in [-0.25, -0.2) is 4.79 Å². The standard InChI is InChI=1S/C20H28N4O4/c1-13(2)12-24-18(21)16(19(25)22-20(24)26)17(23-8-10-28-11-9-23)14-4-6-15(27-3)7-5-14/h4-7,13,17H,8-12,21H2,1-3H3,(H,22,25,26). The second kappa shape index (κ2) is 8.62. The number of morpholine rings is 1. The number of hydrogen-bond donors (Lipinski definition) is 2. The van der Waals surface area contributed by atoms with E-state index in [0.717, 1.165) is 11.3 Å². The monoisotopic (exact) mass is 388 g/mol. The van der Waals surface area contributed by atoms with Crippen molar-refractivity contribution in [1.29, 1.82) is 0 Å². The van der Waals surface area contributed by atoms with Crippen molar-refractivity contribution in [2.75, 3.05) is 39.1 Å². The molecule has 1 saturated heterocycles. The predicted octanol–water partition coefficient (Wildman–Crippen LogP) is 1.21. The average Bonchev–Trinajstić information content (AvgIpc) is 2.69. The highest BCUT2D eigenvalue weighted by Gasteiger charge is 2.30. The van der Waals surface area contributed by atoms with E-state index in [-0.39, 0.29) is 17.8 Å². The molecule has 1 aliphatic heterocycles. The molecule has 0 spiro atoms. The minimum absolute atomic E-state index is 0.210. The van der Waals surface area contributed by atoms with Gasteiger partial charge in [-0.05, 0) is 23.6 Å². The van der Waals surface area contributed by atoms with Crippen LogP contribution in [0.3, 0.4) is 0 Å². The topological polar surface area (TPSA) is 103 Å². The molecule has 1 atom stereocenters. The maximum Gasteiger partial charge on any atom is 0.329 e. The number of methoxy groups -OCH3 is 1. The summed E-state index contributed by atoms with van der Waals surface area (Å²) in [4.78, 5) is 29.8. The first-order valence-corrected chi connectivity index (χ1v) is 9.50. The van der Waals surface area contributed by atoms with E-state index >= 15 is 0 Å². The molecule has 8 heteroatoms. The molecule has 1 unspecified atom stereocenters. The molecule has 0 bridgehead atoms. The Bertz CT molecular complexity index is 911. The van der Waals surface area contributed by atoms with Crippen molar-refractivity contribution in [2.24, 2.45) is 5.92 Å². The van der Waals surface area contributed by atoms with Gasteiger partial charge in [0.05, 0.1) is 31.9 Å². The third-order valence-corrected chi connectivity index (χ3v) is 4.94. The second-order valence-electron chi connectivity index (χ2n) is 7.39. The summed E-state index contributed by atoms with van der Waals surface area (Å²) < 4.78 is 12.2. The number of anilines is 1. The van der Waals surface area contributed by atoms with Crippen molar-refractivity contribution in [3.05, 3.63) is 56.2 Å². The molecule has 1 aromatic heterocycles. The van der Waals surface area contributed by atoms with Crippen molar-refractivity contribution in [3.8, 4) is 5.75 Å². The zero-order valence-corrected chi connectivity index (χ0v) is 16.6. The minimum Gasteiger partial charge on any atom is -0.497 e. The lowest BCUT2D eigenvalue weighted by Crippen LogP contribution is -2.44. The van der Waals surface area contributed by atoms with Gasteiger partial charge in [-0.15, -0.1) is 0 Å². The summed E-state index contributed by atoms with van der Waals surface area (Å²) in [6.07, 6.45) is 0. The second-order valence-corrected chi connectivity index (χ2v) is 7.39. The third-order valence-electron chi connectivity index (χ3n) is 4.94. The molecule has 1 aliphatic rings. The Kier molecular flexibility index (Phi) is 6.21. The van der Waals surface area contributed by atoms with E-state index in [1.807, 2.05) is 38.1 Å². The molecule has 1 fully saturated rings. The number of nitrogen functional groups attached to an aromatic ring is 1. The van der Waals surface area contributed by atoms with Gasteiger partial charge in [0.15, 0.2) is 0 Å². The summed E-state index contributed by atoms with van der Waals surface area (Å²) in [6.45, 7) is 6.93. The molecular weight excluding hydrogens is 360 g/mol. The van der Waals surface area contributed by atoms with Gasteiger partial charge in [0.1, 0.15) is 11.6 Å². The first-order valence-electron chi connectivity index (χ1n) is 9.50. The van der Waals surface area contributed by atoms with Gasteiger partial charge in [-0.2, -0.15) is 0 Å². The van der Waals surface area contributed by atoms with Crippen LogP contribution in [0.2, 0.25) is 0 Å². The van der Waals surface area contributed by atoms with Crippen molar-refractivity contribution in [2.45, 2.75) is 26.4 Å². The smallest absolute Gasteiger partial charge is 0.329 e. The first kappa shape index (κ1) is 20.2. The molecule has 3 rings (SSSR count). The lowest BCUT2D eigenvalue weighted by Gasteiger charge is -2.35. The molecule has 0 amide bonds. The molecule has 3 N–H and O–H groups in total. The lowest BCUT2D eigenvalue weighted by molar-refractivity contribution is 0.0237. The van der Waals surface area contributed by atoms with Crippen LogP contribution in [0.5, 0.6) is 5.75 Å². The van der Waals surface area contributed by atoms with E-state index in [2.05, 4.69) is 9.88 Å². The molecular formula is C20H28N4O4. The van der Waals surface area contributed by atoms with Gasteiger partial charge in [-0.1, -0.05) is 26.0 Å². The van der Waals surface area contributed by atoms with E-state index in [1.165, 1.54) is 4.57 Å². The van der Waals surface area contributed by atoms with Crippen LogP contribution in [0.4, 0.5) is 5.82 Å². The fourth-order valence-electron chi connectivity index (χ4n) is 3.60. The van der Waals surface area contributed by atoms with Crippen LogP contribution in [-0.4, -0.2) is 47.9 Å². The van der Waals surface area contributed by atoms with Crippen molar-refractivity contribution in [3.63, 3.8) is 0 Å². The van der Waals surface area contributed by atoms with Gasteiger partial charge >= 0.3 is 5.69 Å². The summed E-state index contributed by atoms with van der Waals surface area (Å²) in [6, 6.07) is 7.19. The maximum absolute atomic E-state index is 12.8. The van der Waals surface area contributed by atoms with Crippen LogP contribution in [0.25, 0.3) is 0 Å². The minimum atomic E-state index is -0.476. The predicted molar refractivity (Wildman–Crippen MR) is 108 cm³/mol.